The van der Waals surface area contributed by atoms with Crippen molar-refractivity contribution in [3.05, 3.63) is 47.5 Å². The van der Waals surface area contributed by atoms with Crippen molar-refractivity contribution in [2.45, 2.75) is 32.4 Å². The van der Waals surface area contributed by atoms with Crippen LogP contribution in [0.2, 0.25) is 5.02 Å². The number of amides is 1. The molecule has 1 aliphatic heterocycles. The Morgan fingerprint density at radius 1 is 1.28 bits per heavy atom. The minimum absolute atomic E-state index is 0.0946. The fraction of sp³-hybridized carbons (Fsp3) is 0.316. The molecular weight excluding hydrogens is 338 g/mol. The van der Waals surface area contributed by atoms with Crippen LogP contribution >= 0.6 is 11.6 Å². The van der Waals surface area contributed by atoms with E-state index in [4.69, 9.17) is 22.1 Å². The van der Waals surface area contributed by atoms with Gasteiger partial charge in [-0.2, -0.15) is 0 Å². The second-order valence-electron chi connectivity index (χ2n) is 6.89. The number of ether oxygens (including phenoxy) is 1. The molecule has 25 heavy (non-hydrogen) atoms. The fourth-order valence-corrected chi connectivity index (χ4v) is 3.07. The number of carbonyl (C=O) groups is 1. The smallest absolute Gasteiger partial charge is 0.246 e. The van der Waals surface area contributed by atoms with Crippen LogP contribution in [0.3, 0.4) is 0 Å². The van der Waals surface area contributed by atoms with Crippen molar-refractivity contribution in [2.75, 3.05) is 22.5 Å². The topological polar surface area (TPSA) is 67.6 Å². The van der Waals surface area contributed by atoms with Crippen LogP contribution in [0, 0.1) is 0 Å². The van der Waals surface area contributed by atoms with Gasteiger partial charge >= 0.3 is 0 Å². The molecule has 3 N–H and O–H groups in total. The minimum atomic E-state index is -0.421. The molecule has 0 aromatic heterocycles. The number of nitrogens with one attached hydrogen (secondary N) is 1. The molecule has 0 radical (unpaired) electrons. The molecule has 0 spiro atoms. The minimum Gasteiger partial charge on any atom is -0.484 e. The number of hydrogen-bond donors (Lipinski definition) is 2. The van der Waals surface area contributed by atoms with Crippen LogP contribution in [-0.2, 0) is 4.79 Å². The van der Waals surface area contributed by atoms with Gasteiger partial charge in [0.2, 0.25) is 5.91 Å². The van der Waals surface area contributed by atoms with Crippen molar-refractivity contribution >= 4 is 34.6 Å². The van der Waals surface area contributed by atoms with Crippen LogP contribution in [0.4, 0.5) is 17.1 Å². The molecule has 6 heteroatoms. The third-order valence-corrected chi connectivity index (χ3v) is 4.44. The summed E-state index contributed by atoms with van der Waals surface area (Å²) in [6, 6.07) is 12.2. The SMILES string of the molecule is CC(C(=O)Nc1ccc(Cl)cc1)N1CC(C)(C)Oc2cc(N)ccc21. The van der Waals surface area contributed by atoms with Gasteiger partial charge < -0.3 is 20.7 Å². The lowest BCUT2D eigenvalue weighted by Gasteiger charge is -2.43. The van der Waals surface area contributed by atoms with Crippen molar-refractivity contribution in [1.29, 1.82) is 0 Å². The highest BCUT2D eigenvalue weighted by molar-refractivity contribution is 6.30. The van der Waals surface area contributed by atoms with E-state index in [1.807, 2.05) is 37.8 Å². The maximum atomic E-state index is 12.7. The number of halogens is 1. The van der Waals surface area contributed by atoms with Gasteiger partial charge in [-0.1, -0.05) is 11.6 Å². The van der Waals surface area contributed by atoms with Gasteiger partial charge in [0.25, 0.3) is 0 Å². The number of hydrogen-bond acceptors (Lipinski definition) is 4. The molecule has 0 saturated heterocycles. The molecule has 1 amide bonds. The number of carbonyl (C=O) groups excluding carboxylic acids is 1. The number of nitrogens with two attached hydrogens (primary N) is 1. The van der Waals surface area contributed by atoms with E-state index >= 15 is 0 Å². The van der Waals surface area contributed by atoms with Crippen molar-refractivity contribution in [3.8, 4) is 5.75 Å². The van der Waals surface area contributed by atoms with E-state index in [1.165, 1.54) is 0 Å². The van der Waals surface area contributed by atoms with Crippen LogP contribution in [0.25, 0.3) is 0 Å². The highest BCUT2D eigenvalue weighted by Crippen LogP contribution is 2.39. The van der Waals surface area contributed by atoms with Crippen molar-refractivity contribution in [2.24, 2.45) is 0 Å². The Hall–Kier alpha value is -2.40. The highest BCUT2D eigenvalue weighted by atomic mass is 35.5. The Morgan fingerprint density at radius 2 is 1.96 bits per heavy atom. The number of rotatable bonds is 3. The molecule has 0 saturated carbocycles. The van der Waals surface area contributed by atoms with E-state index < -0.39 is 5.60 Å². The second-order valence-corrected chi connectivity index (χ2v) is 7.33. The highest BCUT2D eigenvalue weighted by Gasteiger charge is 2.36. The van der Waals surface area contributed by atoms with Gasteiger partial charge in [0, 0.05) is 22.5 Å². The summed E-state index contributed by atoms with van der Waals surface area (Å²) in [5, 5.41) is 3.56. The first-order chi connectivity index (χ1) is 11.7. The average Bonchev–Trinajstić information content (AvgIpc) is 2.54. The normalized spacial score (nSPS) is 16.6. The summed E-state index contributed by atoms with van der Waals surface area (Å²) < 4.78 is 6.02. The lowest BCUT2D eigenvalue weighted by atomic mass is 10.0. The quantitative estimate of drug-likeness (QED) is 0.815. The number of fused-ring (bicyclic) bond motifs is 1. The summed E-state index contributed by atoms with van der Waals surface area (Å²) in [6.45, 7) is 6.47. The Labute approximate surface area is 152 Å². The second kappa shape index (κ2) is 6.48. The van der Waals surface area contributed by atoms with Crippen molar-refractivity contribution in [3.63, 3.8) is 0 Å². The molecule has 0 fully saturated rings. The lowest BCUT2D eigenvalue weighted by molar-refractivity contribution is -0.117. The molecule has 0 aliphatic carbocycles. The number of nitrogens with zero attached hydrogens (tertiary/aromatic N) is 1. The summed E-state index contributed by atoms with van der Waals surface area (Å²) in [4.78, 5) is 14.8. The van der Waals surface area contributed by atoms with E-state index in [9.17, 15) is 4.79 Å². The Balaban J connectivity index is 1.84. The van der Waals surface area contributed by atoms with Crippen LogP contribution in [-0.4, -0.2) is 24.1 Å². The zero-order valence-corrected chi connectivity index (χ0v) is 15.3. The number of nitrogen functional groups attached to an aromatic ring is 1. The van der Waals surface area contributed by atoms with Gasteiger partial charge in [-0.05, 0) is 57.2 Å². The average molecular weight is 360 g/mol. The van der Waals surface area contributed by atoms with E-state index in [1.54, 1.807) is 30.3 Å². The number of anilines is 3. The summed E-state index contributed by atoms with van der Waals surface area (Å²) in [7, 11) is 0. The van der Waals surface area contributed by atoms with Crippen LogP contribution in [0.1, 0.15) is 20.8 Å². The standard InChI is InChI=1S/C19H22ClN3O2/c1-12(18(24)22-15-7-4-13(20)5-8-15)23-11-19(2,3)25-17-10-14(21)6-9-16(17)23/h4-10,12H,11,21H2,1-3H3,(H,22,24). The Morgan fingerprint density at radius 3 is 2.64 bits per heavy atom. The van der Waals surface area contributed by atoms with Crippen LogP contribution < -0.4 is 20.7 Å². The molecule has 2 aromatic carbocycles. The molecule has 2 aromatic rings. The molecule has 1 atom stereocenters. The predicted octanol–water partition coefficient (Wildman–Crippen LogP) is 3.93. The molecular formula is C19H22ClN3O2. The zero-order chi connectivity index (χ0) is 18.2. The predicted molar refractivity (Wildman–Crippen MR) is 102 cm³/mol. The summed E-state index contributed by atoms with van der Waals surface area (Å²) in [6.07, 6.45) is 0. The largest absolute Gasteiger partial charge is 0.484 e. The molecule has 5 nitrogen and oxygen atoms in total. The van der Waals surface area contributed by atoms with Gasteiger partial charge in [0.05, 0.1) is 12.2 Å². The monoisotopic (exact) mass is 359 g/mol. The third-order valence-electron chi connectivity index (χ3n) is 4.19. The first-order valence-corrected chi connectivity index (χ1v) is 8.55. The van der Waals surface area contributed by atoms with Gasteiger partial charge in [-0.15, -0.1) is 0 Å². The number of benzene rings is 2. The van der Waals surface area contributed by atoms with Crippen molar-refractivity contribution < 1.29 is 9.53 Å². The van der Waals surface area contributed by atoms with Crippen LogP contribution in [0.5, 0.6) is 5.75 Å². The van der Waals surface area contributed by atoms with Gasteiger partial charge in [0.15, 0.2) is 0 Å². The molecule has 132 valence electrons. The van der Waals surface area contributed by atoms with E-state index in [-0.39, 0.29) is 11.9 Å². The van der Waals surface area contributed by atoms with Gasteiger partial charge in [0.1, 0.15) is 17.4 Å². The lowest BCUT2D eigenvalue weighted by Crippen LogP contribution is -2.53. The molecule has 1 heterocycles. The first kappa shape index (κ1) is 17.4. The third kappa shape index (κ3) is 3.82. The Kier molecular flexibility index (Phi) is 4.52. The summed E-state index contributed by atoms with van der Waals surface area (Å²) in [5.41, 5.74) is 7.67. The van der Waals surface area contributed by atoms with E-state index in [2.05, 4.69) is 5.32 Å². The van der Waals surface area contributed by atoms with Gasteiger partial charge in [-0.25, -0.2) is 0 Å². The van der Waals surface area contributed by atoms with E-state index in [0.717, 1.165) is 5.69 Å². The maximum absolute atomic E-state index is 12.7. The molecule has 1 unspecified atom stereocenters. The maximum Gasteiger partial charge on any atom is 0.246 e. The first-order valence-electron chi connectivity index (χ1n) is 8.17. The van der Waals surface area contributed by atoms with Gasteiger partial charge in [-0.3, -0.25) is 4.79 Å². The summed E-state index contributed by atoms with van der Waals surface area (Å²) in [5.74, 6) is 0.602. The molecule has 3 rings (SSSR count). The zero-order valence-electron chi connectivity index (χ0n) is 14.5. The molecule has 1 aliphatic rings. The van der Waals surface area contributed by atoms with E-state index in [0.29, 0.717) is 28.7 Å². The Bertz CT molecular complexity index is 790. The summed E-state index contributed by atoms with van der Waals surface area (Å²) >= 11 is 5.89. The molecule has 0 bridgehead atoms. The fourth-order valence-electron chi connectivity index (χ4n) is 2.94. The van der Waals surface area contributed by atoms with Crippen LogP contribution in [0.15, 0.2) is 42.5 Å². The van der Waals surface area contributed by atoms with Crippen molar-refractivity contribution in [1.82, 2.24) is 0 Å².